The third-order valence-corrected chi connectivity index (χ3v) is 8.67. The van der Waals surface area contributed by atoms with Crippen molar-refractivity contribution < 1.29 is 4.43 Å². The van der Waals surface area contributed by atoms with Crippen LogP contribution in [-0.4, -0.2) is 8.32 Å². The molecule has 1 rings (SSSR count). The van der Waals surface area contributed by atoms with Crippen LogP contribution in [0.5, 0.6) is 0 Å². The van der Waals surface area contributed by atoms with Crippen LogP contribution in [0.25, 0.3) is 0 Å². The molecule has 0 saturated heterocycles. The molecule has 96 valence electrons. The normalized spacial score (nSPS) is 13.7. The number of hydrogen-bond acceptors (Lipinski definition) is 1. The smallest absolute Gasteiger partial charge is 0.192 e. The lowest BCUT2D eigenvalue weighted by Gasteiger charge is -2.32. The number of hydrogen-bond donors (Lipinski definition) is 0. The molecule has 0 bridgehead atoms. The third kappa shape index (κ3) is 3.83. The minimum absolute atomic E-state index is 0.179. The Morgan fingerprint density at radius 3 is 1.94 bits per heavy atom. The van der Waals surface area contributed by atoms with E-state index in [1.165, 1.54) is 23.7 Å². The summed E-state index contributed by atoms with van der Waals surface area (Å²) in [5.74, 6) is 0. The van der Waals surface area contributed by atoms with E-state index >= 15 is 0 Å². The predicted molar refractivity (Wildman–Crippen MR) is 78.1 cm³/mol. The monoisotopic (exact) mass is 270 g/mol. The van der Waals surface area contributed by atoms with E-state index in [4.69, 9.17) is 16.0 Å². The van der Waals surface area contributed by atoms with E-state index in [1.54, 1.807) is 0 Å². The van der Waals surface area contributed by atoms with Crippen molar-refractivity contribution >= 4 is 19.9 Å². The molecule has 0 aliphatic rings. The molecule has 1 nitrogen and oxygen atoms in total. The van der Waals surface area contributed by atoms with Gasteiger partial charge in [-0.15, -0.1) is 0 Å². The lowest BCUT2D eigenvalue weighted by molar-refractivity contribution is 0.210. The Labute approximate surface area is 111 Å². The van der Waals surface area contributed by atoms with Crippen LogP contribution in [0.3, 0.4) is 0 Å². The van der Waals surface area contributed by atoms with Gasteiger partial charge in [-0.1, -0.05) is 44.5 Å². The molecule has 0 fully saturated rings. The Kier molecular flexibility index (Phi) is 5.70. The zero-order chi connectivity index (χ0) is 12.9. The van der Waals surface area contributed by atoms with Crippen LogP contribution < -0.4 is 0 Å². The molecular weight excluding hydrogens is 248 g/mol. The van der Waals surface area contributed by atoms with Crippen molar-refractivity contribution in [3.05, 3.63) is 34.9 Å². The molecule has 0 heterocycles. The maximum atomic E-state index is 6.41. The SMILES string of the molecule is CC[Si](CC)(CC)O[C@@H](C)c1ccc(Cl)cc1. The average molecular weight is 271 g/mol. The standard InChI is InChI=1S/C14H23ClOSi/c1-5-17(6-2,7-3)16-12(4)13-8-10-14(15)11-9-13/h8-12H,5-7H2,1-4H3/t12-/m0/s1. The van der Waals surface area contributed by atoms with Gasteiger partial charge in [0.1, 0.15) is 0 Å². The first-order valence-corrected chi connectivity index (χ1v) is 9.41. The van der Waals surface area contributed by atoms with E-state index in [1.807, 2.05) is 12.1 Å². The minimum atomic E-state index is -1.51. The summed E-state index contributed by atoms with van der Waals surface area (Å²) in [6, 6.07) is 11.6. The molecule has 1 aromatic rings. The van der Waals surface area contributed by atoms with Crippen molar-refractivity contribution in [3.8, 4) is 0 Å². The fourth-order valence-corrected chi connectivity index (χ4v) is 5.19. The minimum Gasteiger partial charge on any atom is -0.410 e. The molecule has 0 saturated carbocycles. The van der Waals surface area contributed by atoms with Crippen LogP contribution in [0.2, 0.25) is 23.2 Å². The molecule has 1 atom stereocenters. The van der Waals surface area contributed by atoms with E-state index in [9.17, 15) is 0 Å². The second-order valence-corrected chi connectivity index (χ2v) is 9.71. The number of rotatable bonds is 6. The molecule has 3 heteroatoms. The molecule has 0 aromatic heterocycles. The fourth-order valence-electron chi connectivity index (χ4n) is 2.18. The summed E-state index contributed by atoms with van der Waals surface area (Å²) in [4.78, 5) is 0. The van der Waals surface area contributed by atoms with Crippen molar-refractivity contribution in [2.45, 2.75) is 51.9 Å². The van der Waals surface area contributed by atoms with Gasteiger partial charge in [0.05, 0.1) is 6.10 Å². The topological polar surface area (TPSA) is 9.23 Å². The van der Waals surface area contributed by atoms with Crippen molar-refractivity contribution in [2.75, 3.05) is 0 Å². The van der Waals surface area contributed by atoms with Gasteiger partial charge in [0.2, 0.25) is 0 Å². The highest BCUT2D eigenvalue weighted by Gasteiger charge is 2.30. The Morgan fingerprint density at radius 2 is 1.53 bits per heavy atom. The molecule has 0 radical (unpaired) electrons. The molecule has 0 spiro atoms. The molecule has 17 heavy (non-hydrogen) atoms. The summed E-state index contributed by atoms with van der Waals surface area (Å²) >= 11 is 5.90. The Morgan fingerprint density at radius 1 is 1.06 bits per heavy atom. The first-order chi connectivity index (χ1) is 8.06. The van der Waals surface area contributed by atoms with E-state index in [0.717, 1.165) is 5.02 Å². The van der Waals surface area contributed by atoms with Crippen molar-refractivity contribution in [2.24, 2.45) is 0 Å². The third-order valence-electron chi connectivity index (χ3n) is 3.70. The first-order valence-electron chi connectivity index (χ1n) is 6.50. The van der Waals surface area contributed by atoms with Gasteiger partial charge in [0, 0.05) is 5.02 Å². The van der Waals surface area contributed by atoms with E-state index < -0.39 is 8.32 Å². The van der Waals surface area contributed by atoms with Crippen LogP contribution in [-0.2, 0) is 4.43 Å². The molecule has 0 N–H and O–H groups in total. The van der Waals surface area contributed by atoms with Crippen molar-refractivity contribution in [1.29, 1.82) is 0 Å². The van der Waals surface area contributed by atoms with Crippen molar-refractivity contribution in [1.82, 2.24) is 0 Å². The molecule has 1 aromatic carbocycles. The van der Waals surface area contributed by atoms with Crippen LogP contribution in [0.15, 0.2) is 24.3 Å². The highest BCUT2D eigenvalue weighted by Crippen LogP contribution is 2.29. The van der Waals surface area contributed by atoms with Gasteiger partial charge in [-0.25, -0.2) is 0 Å². The highest BCUT2D eigenvalue weighted by atomic mass is 35.5. The predicted octanol–water partition coefficient (Wildman–Crippen LogP) is 5.42. The van der Waals surface area contributed by atoms with Gasteiger partial charge in [0.15, 0.2) is 8.32 Å². The second-order valence-electron chi connectivity index (χ2n) is 4.56. The van der Waals surface area contributed by atoms with Gasteiger partial charge >= 0.3 is 0 Å². The van der Waals surface area contributed by atoms with Crippen molar-refractivity contribution in [3.63, 3.8) is 0 Å². The molecule has 0 amide bonds. The van der Waals surface area contributed by atoms with E-state index in [-0.39, 0.29) is 6.10 Å². The zero-order valence-electron chi connectivity index (χ0n) is 11.3. The first kappa shape index (κ1) is 14.7. The Bertz CT molecular complexity index is 324. The van der Waals surface area contributed by atoms with E-state index in [2.05, 4.69) is 39.8 Å². The maximum Gasteiger partial charge on any atom is 0.192 e. The summed E-state index contributed by atoms with van der Waals surface area (Å²) in [6.07, 6.45) is 0.179. The summed E-state index contributed by atoms with van der Waals surface area (Å²) < 4.78 is 6.41. The van der Waals surface area contributed by atoms with Crippen LogP contribution in [0, 0.1) is 0 Å². The number of benzene rings is 1. The van der Waals surface area contributed by atoms with Crippen LogP contribution in [0.4, 0.5) is 0 Å². The van der Waals surface area contributed by atoms with Gasteiger partial charge < -0.3 is 4.43 Å². The molecule has 0 aliphatic carbocycles. The maximum absolute atomic E-state index is 6.41. The molecule has 0 aliphatic heterocycles. The van der Waals surface area contributed by atoms with Gasteiger partial charge in [-0.2, -0.15) is 0 Å². The van der Waals surface area contributed by atoms with Gasteiger partial charge in [-0.3, -0.25) is 0 Å². The molecule has 0 unspecified atom stereocenters. The van der Waals surface area contributed by atoms with Crippen LogP contribution >= 0.6 is 11.6 Å². The number of halogens is 1. The summed E-state index contributed by atoms with van der Waals surface area (Å²) in [7, 11) is -1.51. The quantitative estimate of drug-likeness (QED) is 0.627. The fraction of sp³-hybridized carbons (Fsp3) is 0.571. The Balaban J connectivity index is 2.76. The highest BCUT2D eigenvalue weighted by molar-refractivity contribution is 6.73. The van der Waals surface area contributed by atoms with E-state index in [0.29, 0.717) is 0 Å². The molecular formula is C14H23ClOSi. The lowest BCUT2D eigenvalue weighted by Crippen LogP contribution is -2.36. The van der Waals surface area contributed by atoms with Gasteiger partial charge in [-0.05, 0) is 42.8 Å². The summed E-state index contributed by atoms with van der Waals surface area (Å²) in [5, 5.41) is 0.783. The largest absolute Gasteiger partial charge is 0.410 e. The zero-order valence-corrected chi connectivity index (χ0v) is 13.1. The summed E-state index contributed by atoms with van der Waals surface area (Å²) in [5.41, 5.74) is 1.22. The van der Waals surface area contributed by atoms with Gasteiger partial charge in [0.25, 0.3) is 0 Å². The summed E-state index contributed by atoms with van der Waals surface area (Å²) in [6.45, 7) is 8.92. The average Bonchev–Trinajstić information content (AvgIpc) is 2.37. The van der Waals surface area contributed by atoms with Crippen LogP contribution in [0.1, 0.15) is 39.4 Å². The Hall–Kier alpha value is -0.313. The lowest BCUT2D eigenvalue weighted by atomic mass is 10.1. The second kappa shape index (κ2) is 6.57.